The molecule has 0 saturated carbocycles. The molecule has 1 aliphatic heterocycles. The number of hydrogen-bond donors (Lipinski definition) is 2. The van der Waals surface area contributed by atoms with Crippen LogP contribution >= 0.6 is 24.4 Å². The molecule has 0 radical (unpaired) electrons. The van der Waals surface area contributed by atoms with Crippen molar-refractivity contribution in [3.63, 3.8) is 0 Å². The first-order chi connectivity index (χ1) is 6.27. The van der Waals surface area contributed by atoms with Gasteiger partial charge in [0.15, 0.2) is 5.11 Å². The smallest absolute Gasteiger partial charge is 0.172 e. The van der Waals surface area contributed by atoms with Gasteiger partial charge in [-0.2, -0.15) is 0 Å². The molecular formula is C9H8N2S2. The average molecular weight is 208 g/mol. The molecule has 0 amide bonds. The maximum Gasteiger partial charge on any atom is 0.172 e. The summed E-state index contributed by atoms with van der Waals surface area (Å²) in [6.45, 7) is 0. The number of hydrogen-bond acceptors (Lipinski definition) is 2. The summed E-state index contributed by atoms with van der Waals surface area (Å²) < 4.78 is 0. The van der Waals surface area contributed by atoms with Crippen LogP contribution < -0.4 is 10.6 Å². The molecule has 1 aromatic rings. The fourth-order valence-corrected chi connectivity index (χ4v) is 1.89. The molecule has 1 saturated heterocycles. The van der Waals surface area contributed by atoms with E-state index in [1.54, 1.807) is 0 Å². The van der Waals surface area contributed by atoms with Gasteiger partial charge in [-0.1, -0.05) is 42.5 Å². The second kappa shape index (κ2) is 3.40. The van der Waals surface area contributed by atoms with Gasteiger partial charge in [-0.25, -0.2) is 0 Å². The molecule has 66 valence electrons. The minimum atomic E-state index is 0.0451. The van der Waals surface area contributed by atoms with Crippen molar-refractivity contribution in [2.45, 2.75) is 6.04 Å². The molecule has 0 bridgehead atoms. The van der Waals surface area contributed by atoms with Crippen LogP contribution in [0, 0.1) is 0 Å². The first-order valence-electron chi connectivity index (χ1n) is 3.93. The third kappa shape index (κ3) is 1.68. The molecule has 1 atom stereocenters. The lowest BCUT2D eigenvalue weighted by atomic mass is 10.1. The summed E-state index contributed by atoms with van der Waals surface area (Å²) in [7, 11) is 0. The van der Waals surface area contributed by atoms with E-state index in [0.717, 1.165) is 10.6 Å². The van der Waals surface area contributed by atoms with E-state index in [2.05, 4.69) is 10.6 Å². The third-order valence-electron chi connectivity index (χ3n) is 1.91. The first-order valence-corrected chi connectivity index (χ1v) is 4.75. The van der Waals surface area contributed by atoms with Crippen molar-refractivity contribution in [3.05, 3.63) is 35.9 Å². The summed E-state index contributed by atoms with van der Waals surface area (Å²) in [5, 5.41) is 6.63. The van der Waals surface area contributed by atoms with Crippen molar-refractivity contribution in [1.29, 1.82) is 0 Å². The molecule has 2 N–H and O–H groups in total. The summed E-state index contributed by atoms with van der Waals surface area (Å²) >= 11 is 10.1. The Morgan fingerprint density at radius 3 is 2.31 bits per heavy atom. The lowest BCUT2D eigenvalue weighted by Gasteiger charge is -2.08. The van der Waals surface area contributed by atoms with Crippen LogP contribution in [0.1, 0.15) is 11.6 Å². The van der Waals surface area contributed by atoms with Crippen molar-refractivity contribution in [3.8, 4) is 0 Å². The number of benzene rings is 1. The number of rotatable bonds is 1. The van der Waals surface area contributed by atoms with Crippen LogP contribution in [0.15, 0.2) is 30.3 Å². The lowest BCUT2D eigenvalue weighted by Crippen LogP contribution is -2.21. The fraction of sp³-hybridized carbons (Fsp3) is 0.111. The predicted molar refractivity (Wildman–Crippen MR) is 60.7 cm³/mol. The van der Waals surface area contributed by atoms with Crippen molar-refractivity contribution in [1.82, 2.24) is 10.6 Å². The van der Waals surface area contributed by atoms with Gasteiger partial charge in [0, 0.05) is 0 Å². The van der Waals surface area contributed by atoms with Crippen LogP contribution in [0.2, 0.25) is 0 Å². The average Bonchev–Trinajstić information content (AvgIpc) is 2.47. The van der Waals surface area contributed by atoms with Crippen LogP contribution in [0.5, 0.6) is 0 Å². The van der Waals surface area contributed by atoms with Crippen LogP contribution in [-0.4, -0.2) is 10.1 Å². The highest BCUT2D eigenvalue weighted by Crippen LogP contribution is 2.16. The SMILES string of the molecule is S=C1NC(=S)[C@H](c2ccccc2)N1. The van der Waals surface area contributed by atoms with E-state index in [4.69, 9.17) is 24.4 Å². The predicted octanol–water partition coefficient (Wildman–Crippen LogP) is 1.53. The highest BCUT2D eigenvalue weighted by Gasteiger charge is 2.24. The van der Waals surface area contributed by atoms with Crippen LogP contribution in [0.3, 0.4) is 0 Å². The molecule has 1 fully saturated rings. The van der Waals surface area contributed by atoms with E-state index in [1.807, 2.05) is 30.3 Å². The molecule has 2 nitrogen and oxygen atoms in total. The van der Waals surface area contributed by atoms with Gasteiger partial charge in [0.05, 0.1) is 0 Å². The fourth-order valence-electron chi connectivity index (χ4n) is 1.30. The molecule has 1 heterocycles. The van der Waals surface area contributed by atoms with Crippen molar-refractivity contribution in [2.24, 2.45) is 0 Å². The molecule has 1 aliphatic rings. The van der Waals surface area contributed by atoms with Gasteiger partial charge in [-0.05, 0) is 17.8 Å². The van der Waals surface area contributed by atoms with Crippen molar-refractivity contribution < 1.29 is 0 Å². The summed E-state index contributed by atoms with van der Waals surface area (Å²) in [5.74, 6) is 0. The molecule has 0 aliphatic carbocycles. The Labute approximate surface area is 87.3 Å². The molecule has 2 rings (SSSR count). The van der Waals surface area contributed by atoms with Gasteiger partial charge < -0.3 is 10.6 Å². The highest BCUT2D eigenvalue weighted by molar-refractivity contribution is 7.82. The number of nitrogens with one attached hydrogen (secondary N) is 2. The zero-order valence-corrected chi connectivity index (χ0v) is 8.41. The molecule has 4 heteroatoms. The molecule has 0 aromatic heterocycles. The number of thiocarbonyl (C=S) groups is 2. The van der Waals surface area contributed by atoms with E-state index in [-0.39, 0.29) is 6.04 Å². The summed E-state index contributed by atoms with van der Waals surface area (Å²) in [4.78, 5) is 0.746. The van der Waals surface area contributed by atoms with Crippen LogP contribution in [0.4, 0.5) is 0 Å². The van der Waals surface area contributed by atoms with E-state index >= 15 is 0 Å². The zero-order chi connectivity index (χ0) is 9.26. The largest absolute Gasteiger partial charge is 0.349 e. The van der Waals surface area contributed by atoms with E-state index in [9.17, 15) is 0 Å². The first kappa shape index (κ1) is 8.59. The summed E-state index contributed by atoms with van der Waals surface area (Å²) in [6.07, 6.45) is 0. The van der Waals surface area contributed by atoms with Crippen molar-refractivity contribution in [2.75, 3.05) is 0 Å². The normalized spacial score (nSPS) is 21.1. The molecule has 0 unspecified atom stereocenters. The maximum atomic E-state index is 5.14. The zero-order valence-electron chi connectivity index (χ0n) is 6.78. The second-order valence-electron chi connectivity index (χ2n) is 2.81. The minimum Gasteiger partial charge on any atom is -0.349 e. The molecular weight excluding hydrogens is 200 g/mol. The third-order valence-corrected chi connectivity index (χ3v) is 2.46. The van der Waals surface area contributed by atoms with E-state index in [0.29, 0.717) is 5.11 Å². The second-order valence-corrected chi connectivity index (χ2v) is 3.65. The standard InChI is InChI=1S/C9H8N2S2/c12-8-7(10-9(13)11-8)6-4-2-1-3-5-6/h1-5,7H,(H2,10,11,12,13)/t7-/m0/s1. The lowest BCUT2D eigenvalue weighted by molar-refractivity contribution is 0.881. The Bertz CT molecular complexity index is 348. The Balaban J connectivity index is 2.28. The Morgan fingerprint density at radius 1 is 1.08 bits per heavy atom. The summed E-state index contributed by atoms with van der Waals surface area (Å²) in [6, 6.07) is 10.1. The molecule has 1 aromatic carbocycles. The highest BCUT2D eigenvalue weighted by atomic mass is 32.1. The Kier molecular flexibility index (Phi) is 2.24. The van der Waals surface area contributed by atoms with E-state index < -0.39 is 0 Å². The molecule has 0 spiro atoms. The van der Waals surface area contributed by atoms with Gasteiger partial charge in [0.25, 0.3) is 0 Å². The Hall–Kier alpha value is -1.00. The minimum absolute atomic E-state index is 0.0451. The Morgan fingerprint density at radius 2 is 1.77 bits per heavy atom. The van der Waals surface area contributed by atoms with Crippen LogP contribution in [0.25, 0.3) is 0 Å². The van der Waals surface area contributed by atoms with Crippen molar-refractivity contribution >= 4 is 34.5 Å². The monoisotopic (exact) mass is 208 g/mol. The van der Waals surface area contributed by atoms with Gasteiger partial charge in [-0.3, -0.25) is 0 Å². The van der Waals surface area contributed by atoms with Crippen LogP contribution in [-0.2, 0) is 0 Å². The van der Waals surface area contributed by atoms with Gasteiger partial charge >= 0.3 is 0 Å². The molecule has 13 heavy (non-hydrogen) atoms. The van der Waals surface area contributed by atoms with E-state index in [1.165, 1.54) is 0 Å². The van der Waals surface area contributed by atoms with Gasteiger partial charge in [0.2, 0.25) is 0 Å². The topological polar surface area (TPSA) is 24.1 Å². The maximum absolute atomic E-state index is 5.14. The van der Waals surface area contributed by atoms with Gasteiger partial charge in [-0.15, -0.1) is 0 Å². The summed E-state index contributed by atoms with van der Waals surface area (Å²) in [5.41, 5.74) is 1.14. The quantitative estimate of drug-likeness (QED) is 0.684. The van der Waals surface area contributed by atoms with Gasteiger partial charge in [0.1, 0.15) is 11.0 Å².